The molecule has 0 N–H and O–H groups in total. The van der Waals surface area contributed by atoms with Crippen molar-refractivity contribution in [1.29, 1.82) is 0 Å². The minimum atomic E-state index is -4.77. The number of halogens is 6. The molecule has 5 heterocycles. The Labute approximate surface area is 392 Å². The molecule has 2 fully saturated rings. The third kappa shape index (κ3) is 8.86. The van der Waals surface area contributed by atoms with Gasteiger partial charge in [0.05, 0.1) is 11.6 Å². The van der Waals surface area contributed by atoms with Crippen LogP contribution < -0.4 is 29.5 Å². The lowest BCUT2D eigenvalue weighted by Crippen LogP contribution is -2.66. The molecule has 0 aliphatic carbocycles. The van der Waals surface area contributed by atoms with E-state index < -0.39 is 67.0 Å². The Balaban J connectivity index is 1.19. The number of hydrogen-bond acceptors (Lipinski definition) is 10. The van der Waals surface area contributed by atoms with Crippen molar-refractivity contribution < 1.29 is 49.7 Å². The average Bonchev–Trinajstić information content (AvgIpc) is 3.80. The Morgan fingerprint density at radius 3 is 2.28 bits per heavy atom. The molecule has 9 rings (SSSR count). The second kappa shape index (κ2) is 18.8. The molecular weight excluding hydrogens is 905 g/mol. The number of hydrogen-bond donors (Lipinski definition) is 0. The van der Waals surface area contributed by atoms with Gasteiger partial charge in [0.1, 0.15) is 59.9 Å². The van der Waals surface area contributed by atoms with Gasteiger partial charge in [0.15, 0.2) is 12.6 Å². The van der Waals surface area contributed by atoms with E-state index in [1.54, 1.807) is 19.1 Å². The first kappa shape index (κ1) is 47.6. The van der Waals surface area contributed by atoms with Gasteiger partial charge in [-0.3, -0.25) is 4.90 Å². The fourth-order valence-corrected chi connectivity index (χ4v) is 15.3. The van der Waals surface area contributed by atoms with E-state index >= 15 is 22.0 Å². The molecular formula is C51H55F6N5O5Si. The lowest BCUT2D eigenvalue weighted by molar-refractivity contribution is -0.121. The maximum absolute atomic E-state index is 17.8. The minimum absolute atomic E-state index is 0.0188. The number of methoxy groups -OCH3 is 1. The van der Waals surface area contributed by atoms with Crippen LogP contribution in [0.4, 0.5) is 32.2 Å². The first-order valence-corrected chi connectivity index (χ1v) is 25.0. The predicted octanol–water partition coefficient (Wildman–Crippen LogP) is 9.72. The molecule has 2 aromatic heterocycles. The van der Waals surface area contributed by atoms with Crippen LogP contribution in [0.1, 0.15) is 58.9 Å². The van der Waals surface area contributed by atoms with Gasteiger partial charge in [-0.25, -0.2) is 18.2 Å². The summed E-state index contributed by atoms with van der Waals surface area (Å²) in [7, 11) is -1.69. The molecule has 68 heavy (non-hydrogen) atoms. The number of rotatable bonds is 15. The van der Waals surface area contributed by atoms with E-state index in [-0.39, 0.29) is 92.1 Å². The van der Waals surface area contributed by atoms with Crippen molar-refractivity contribution in [1.82, 2.24) is 19.9 Å². The van der Waals surface area contributed by atoms with Crippen molar-refractivity contribution in [2.45, 2.75) is 88.8 Å². The molecule has 3 atom stereocenters. The van der Waals surface area contributed by atoms with Crippen LogP contribution in [0.3, 0.4) is 0 Å². The molecule has 360 valence electrons. The molecule has 4 aromatic carbocycles. The molecule has 0 radical (unpaired) electrons. The summed E-state index contributed by atoms with van der Waals surface area (Å²) < 4.78 is 124. The predicted molar refractivity (Wildman–Crippen MR) is 251 cm³/mol. The Hall–Kier alpha value is -5.49. The normalized spacial score (nSPS) is 19.9. The maximum atomic E-state index is 17.8. The smallest absolute Gasteiger partial charge is 0.405 e. The molecule has 17 heteroatoms. The molecule has 3 aliphatic rings. The number of nitrogens with zero attached hydrogens (tertiary/aromatic N) is 5. The van der Waals surface area contributed by atoms with Crippen molar-refractivity contribution in [2.75, 3.05) is 58.3 Å². The quantitative estimate of drug-likeness (QED) is 0.0563. The van der Waals surface area contributed by atoms with Gasteiger partial charge in [-0.1, -0.05) is 94.4 Å². The molecule has 6 aromatic rings. The Bertz CT molecular complexity index is 2740. The number of alkyl halides is 4. The van der Waals surface area contributed by atoms with E-state index in [9.17, 15) is 4.39 Å². The number of pyridine rings is 1. The van der Waals surface area contributed by atoms with Crippen LogP contribution in [0.2, 0.25) is 5.04 Å². The van der Waals surface area contributed by atoms with Gasteiger partial charge >= 0.3 is 12.2 Å². The number of fused-ring (bicyclic) bond motifs is 2. The van der Waals surface area contributed by atoms with Gasteiger partial charge in [0.25, 0.3) is 8.32 Å². The summed E-state index contributed by atoms with van der Waals surface area (Å²) in [5.74, 6) is -1.78. The highest BCUT2D eigenvalue weighted by Crippen LogP contribution is 2.46. The Morgan fingerprint density at radius 2 is 1.62 bits per heavy atom. The topological polar surface area (TPSA) is 91.3 Å². The van der Waals surface area contributed by atoms with Crippen molar-refractivity contribution in [3.05, 3.63) is 102 Å². The van der Waals surface area contributed by atoms with Crippen LogP contribution in [-0.4, -0.2) is 105 Å². The van der Waals surface area contributed by atoms with Crippen LogP contribution in [0, 0.1) is 11.6 Å². The number of ether oxygens (including phenoxy) is 4. The highest BCUT2D eigenvalue weighted by molar-refractivity contribution is 6.99. The number of benzene rings is 4. The summed E-state index contributed by atoms with van der Waals surface area (Å²) >= 11 is 0. The number of anilines is 1. The van der Waals surface area contributed by atoms with Gasteiger partial charge in [0, 0.05) is 32.2 Å². The van der Waals surface area contributed by atoms with Crippen LogP contribution in [0.25, 0.3) is 32.9 Å². The zero-order valence-electron chi connectivity index (χ0n) is 38.8. The van der Waals surface area contributed by atoms with Gasteiger partial charge < -0.3 is 28.3 Å². The molecule has 0 bridgehead atoms. The zero-order chi connectivity index (χ0) is 48.0. The largest absolute Gasteiger partial charge is 0.475 e. The number of aryl methyl sites for hydroxylation is 1. The number of aromatic nitrogens is 3. The summed E-state index contributed by atoms with van der Waals surface area (Å²) in [6.45, 7) is 6.99. The average molecular weight is 960 g/mol. The molecule has 0 amide bonds. The summed E-state index contributed by atoms with van der Waals surface area (Å²) in [5.41, 5.74) is -0.974. The molecule has 10 nitrogen and oxygen atoms in total. The summed E-state index contributed by atoms with van der Waals surface area (Å²) in [4.78, 5) is 17.0. The van der Waals surface area contributed by atoms with Gasteiger partial charge in [-0.05, 0) is 82.2 Å². The second-order valence-electron chi connectivity index (χ2n) is 19.0. The fraction of sp³-hybridized carbons (Fsp3) is 0.431. The van der Waals surface area contributed by atoms with E-state index in [2.05, 4.69) is 30.7 Å². The minimum Gasteiger partial charge on any atom is -0.475 e. The van der Waals surface area contributed by atoms with E-state index in [1.165, 1.54) is 19.2 Å². The van der Waals surface area contributed by atoms with Crippen LogP contribution in [-0.2, 0) is 15.6 Å². The van der Waals surface area contributed by atoms with Crippen molar-refractivity contribution in [3.8, 4) is 28.9 Å². The maximum Gasteiger partial charge on any atom is 0.405 e. The monoisotopic (exact) mass is 959 g/mol. The van der Waals surface area contributed by atoms with Crippen molar-refractivity contribution in [3.63, 3.8) is 0 Å². The van der Waals surface area contributed by atoms with Gasteiger partial charge in [-0.2, -0.15) is 23.1 Å². The van der Waals surface area contributed by atoms with Crippen LogP contribution >= 0.6 is 0 Å². The third-order valence-corrected chi connectivity index (χ3v) is 18.7. The van der Waals surface area contributed by atoms with Crippen molar-refractivity contribution in [2.24, 2.45) is 0 Å². The molecule has 2 saturated heterocycles. The van der Waals surface area contributed by atoms with E-state index in [0.29, 0.717) is 23.7 Å². The third-order valence-electron chi connectivity index (χ3n) is 13.7. The fourth-order valence-electron chi connectivity index (χ4n) is 10.7. The summed E-state index contributed by atoms with van der Waals surface area (Å²) in [6, 6.07) is 24.4. The standard InChI is InChI=1S/C51H55F6N5O5Si/c1-6-38-40(53)19-18-32-24-35(66-31-63-5)25-39(41(32)38)44-43(54)45-42-46(60-48(59-45)65-30-50-21-13-22-61(50)27-33(52)26-50)62(29-51(55,56)57)34(28-64-47(42)58-44)20-23-67-68(49(2,3)4,36-14-9-7-10-15-36)37-16-11-8-12-17-37/h7-12,14-19,24-25,33-34H,6,13,20-23,26-31H2,1-5H3/t33-,34+,50+/m1/s1. The summed E-state index contributed by atoms with van der Waals surface area (Å²) in [6.07, 6.45) is -3.94. The highest BCUT2D eigenvalue weighted by atomic mass is 28.4. The lowest BCUT2D eigenvalue weighted by atomic mass is 9.94. The van der Waals surface area contributed by atoms with E-state index in [1.807, 2.05) is 65.6 Å². The SMILES string of the molecule is CCc1c(F)ccc2cc(OCOC)cc(-c3nc4c5c(nc(OC[C@@]67CCCN6C[C@H](F)C7)nc5c3F)N(CC(F)(F)F)[C@@H](CCO[Si](c3ccccc3)(c3ccccc3)C(C)(C)C)CO4)c12. The summed E-state index contributed by atoms with van der Waals surface area (Å²) in [5, 5.41) is 2.26. The molecule has 3 aliphatic heterocycles. The molecule has 0 saturated carbocycles. The van der Waals surface area contributed by atoms with Gasteiger partial charge in [0.2, 0.25) is 5.88 Å². The first-order chi connectivity index (χ1) is 32.6. The van der Waals surface area contributed by atoms with E-state index in [0.717, 1.165) is 21.7 Å². The Kier molecular flexibility index (Phi) is 13.1. The zero-order valence-corrected chi connectivity index (χ0v) is 39.8. The van der Waals surface area contributed by atoms with E-state index in [4.69, 9.17) is 28.4 Å². The molecule has 0 unspecified atom stereocenters. The van der Waals surface area contributed by atoms with Crippen LogP contribution in [0.5, 0.6) is 17.6 Å². The Morgan fingerprint density at radius 1 is 0.897 bits per heavy atom. The lowest BCUT2D eigenvalue weighted by Gasteiger charge is -2.43. The highest BCUT2D eigenvalue weighted by Gasteiger charge is 2.51. The van der Waals surface area contributed by atoms with Crippen molar-refractivity contribution >= 4 is 46.2 Å². The second-order valence-corrected chi connectivity index (χ2v) is 23.3. The first-order valence-electron chi connectivity index (χ1n) is 23.1. The molecule has 0 spiro atoms. The van der Waals surface area contributed by atoms with Crippen LogP contribution in [0.15, 0.2) is 84.9 Å². The van der Waals surface area contributed by atoms with Gasteiger partial charge in [-0.15, -0.1) is 0 Å².